The summed E-state index contributed by atoms with van der Waals surface area (Å²) >= 11 is 6.09. The standard InChI is InChI=1S/C27H33ClN2O4/c1-5-16-34-21-12-13-22(18(4)17-21)25(31)23-24(19-8-10-20(28)11-9-19)30(27(33)26(23)32)15-14-29(6-2)7-3/h8-13,17,24,31H,5-7,14-16H2,1-4H3/t24-/m0/s1. The third-order valence-electron chi connectivity index (χ3n) is 6.20. The zero-order valence-electron chi connectivity index (χ0n) is 20.3. The van der Waals surface area contributed by atoms with Crippen molar-refractivity contribution in [1.29, 1.82) is 0 Å². The van der Waals surface area contributed by atoms with Crippen LogP contribution in [0.4, 0.5) is 0 Å². The summed E-state index contributed by atoms with van der Waals surface area (Å²) in [5.41, 5.74) is 2.09. The Bertz CT molecular complexity index is 1060. The van der Waals surface area contributed by atoms with Gasteiger partial charge in [-0.2, -0.15) is 0 Å². The van der Waals surface area contributed by atoms with E-state index in [1.54, 1.807) is 41.3 Å². The van der Waals surface area contributed by atoms with Crippen molar-refractivity contribution in [2.75, 3.05) is 32.8 Å². The molecule has 6 nitrogen and oxygen atoms in total. The van der Waals surface area contributed by atoms with Crippen molar-refractivity contribution >= 4 is 29.1 Å². The van der Waals surface area contributed by atoms with Gasteiger partial charge in [-0.15, -0.1) is 0 Å². The fraction of sp³-hybridized carbons (Fsp3) is 0.407. The lowest BCUT2D eigenvalue weighted by Crippen LogP contribution is -2.38. The molecule has 0 aliphatic carbocycles. The van der Waals surface area contributed by atoms with E-state index in [-0.39, 0.29) is 11.3 Å². The van der Waals surface area contributed by atoms with E-state index in [0.717, 1.165) is 30.6 Å². The highest BCUT2D eigenvalue weighted by Gasteiger charge is 2.46. The first-order valence-electron chi connectivity index (χ1n) is 11.8. The average Bonchev–Trinajstić information content (AvgIpc) is 3.08. The van der Waals surface area contributed by atoms with Gasteiger partial charge in [0.25, 0.3) is 11.7 Å². The lowest BCUT2D eigenvalue weighted by Gasteiger charge is -2.28. The molecule has 0 saturated carbocycles. The van der Waals surface area contributed by atoms with Gasteiger partial charge in [0, 0.05) is 23.7 Å². The number of amides is 1. The maximum Gasteiger partial charge on any atom is 0.295 e. The first kappa shape index (κ1) is 25.8. The predicted molar refractivity (Wildman–Crippen MR) is 135 cm³/mol. The van der Waals surface area contributed by atoms with Gasteiger partial charge in [0.15, 0.2) is 0 Å². The number of aliphatic hydroxyl groups is 1. The highest BCUT2D eigenvalue weighted by Crippen LogP contribution is 2.40. The van der Waals surface area contributed by atoms with Crippen molar-refractivity contribution in [3.05, 3.63) is 69.8 Å². The Morgan fingerprint density at radius 2 is 1.76 bits per heavy atom. The minimum Gasteiger partial charge on any atom is -0.507 e. The molecule has 7 heteroatoms. The number of hydrogen-bond donors (Lipinski definition) is 1. The van der Waals surface area contributed by atoms with Gasteiger partial charge >= 0.3 is 0 Å². The van der Waals surface area contributed by atoms with Crippen molar-refractivity contribution in [3.8, 4) is 5.75 Å². The van der Waals surface area contributed by atoms with Crippen LogP contribution in [0.2, 0.25) is 5.02 Å². The molecule has 0 unspecified atom stereocenters. The molecule has 1 aliphatic heterocycles. The van der Waals surface area contributed by atoms with Crippen LogP contribution in [0.25, 0.3) is 5.76 Å². The summed E-state index contributed by atoms with van der Waals surface area (Å²) in [6.45, 7) is 11.3. The van der Waals surface area contributed by atoms with Crippen LogP contribution in [0.15, 0.2) is 48.0 Å². The number of rotatable bonds is 10. The van der Waals surface area contributed by atoms with Crippen LogP contribution in [-0.2, 0) is 9.59 Å². The maximum atomic E-state index is 13.2. The number of nitrogens with zero attached hydrogens (tertiary/aromatic N) is 2. The number of carbonyl (C=O) groups is 2. The van der Waals surface area contributed by atoms with E-state index < -0.39 is 17.7 Å². The molecule has 1 aliphatic rings. The largest absolute Gasteiger partial charge is 0.507 e. The number of carbonyl (C=O) groups excluding carboxylic acids is 2. The summed E-state index contributed by atoms with van der Waals surface area (Å²) in [6.07, 6.45) is 0.888. The summed E-state index contributed by atoms with van der Waals surface area (Å²) in [5, 5.41) is 11.9. The molecule has 0 bridgehead atoms. The smallest absolute Gasteiger partial charge is 0.295 e. The first-order valence-corrected chi connectivity index (χ1v) is 12.2. The van der Waals surface area contributed by atoms with Crippen molar-refractivity contribution in [1.82, 2.24) is 9.80 Å². The molecular weight excluding hydrogens is 452 g/mol. The van der Waals surface area contributed by atoms with Gasteiger partial charge < -0.3 is 19.6 Å². The molecule has 3 rings (SSSR count). The Morgan fingerprint density at radius 1 is 1.09 bits per heavy atom. The molecule has 1 amide bonds. The summed E-state index contributed by atoms with van der Waals surface area (Å²) < 4.78 is 5.68. The zero-order valence-corrected chi connectivity index (χ0v) is 21.1. The van der Waals surface area contributed by atoms with Gasteiger partial charge in [-0.1, -0.05) is 44.5 Å². The quantitative estimate of drug-likeness (QED) is 0.285. The van der Waals surface area contributed by atoms with Crippen LogP contribution in [0.1, 0.15) is 49.9 Å². The van der Waals surface area contributed by atoms with Gasteiger partial charge in [0.2, 0.25) is 0 Å². The molecule has 1 fully saturated rings. The number of likely N-dealkylation sites (tertiary alicyclic amines) is 1. The van der Waals surface area contributed by atoms with Crippen LogP contribution in [-0.4, -0.2) is 59.4 Å². The second-order valence-corrected chi connectivity index (χ2v) is 8.83. The normalized spacial score (nSPS) is 17.6. The van der Waals surface area contributed by atoms with E-state index in [1.165, 1.54) is 0 Å². The second kappa shape index (κ2) is 11.5. The van der Waals surface area contributed by atoms with Gasteiger partial charge in [-0.05, 0) is 67.9 Å². The van der Waals surface area contributed by atoms with E-state index in [4.69, 9.17) is 16.3 Å². The number of aryl methyl sites for hydroxylation is 1. The van der Waals surface area contributed by atoms with Crippen LogP contribution in [0.5, 0.6) is 5.75 Å². The molecular formula is C27H33ClN2O4. The van der Waals surface area contributed by atoms with Crippen molar-refractivity contribution in [2.45, 2.75) is 40.2 Å². The van der Waals surface area contributed by atoms with Crippen LogP contribution in [0, 0.1) is 6.92 Å². The highest BCUT2D eigenvalue weighted by atomic mass is 35.5. The summed E-state index contributed by atoms with van der Waals surface area (Å²) in [6, 6.07) is 11.7. The third-order valence-corrected chi connectivity index (χ3v) is 6.46. The van der Waals surface area contributed by atoms with Crippen LogP contribution >= 0.6 is 11.6 Å². The lowest BCUT2D eigenvalue weighted by atomic mass is 9.94. The van der Waals surface area contributed by atoms with Crippen molar-refractivity contribution in [2.24, 2.45) is 0 Å². The minimum atomic E-state index is -0.691. The van der Waals surface area contributed by atoms with E-state index >= 15 is 0 Å². The number of hydrogen-bond acceptors (Lipinski definition) is 5. The topological polar surface area (TPSA) is 70.1 Å². The number of likely N-dealkylation sites (N-methyl/N-ethyl adjacent to an activating group) is 1. The monoisotopic (exact) mass is 484 g/mol. The molecule has 34 heavy (non-hydrogen) atoms. The van der Waals surface area contributed by atoms with Crippen molar-refractivity contribution in [3.63, 3.8) is 0 Å². The Labute approximate surface area is 206 Å². The third kappa shape index (κ3) is 5.45. The predicted octanol–water partition coefficient (Wildman–Crippen LogP) is 5.20. The molecule has 0 radical (unpaired) electrons. The zero-order chi connectivity index (χ0) is 24.8. The fourth-order valence-electron chi connectivity index (χ4n) is 4.25. The van der Waals surface area contributed by atoms with E-state index in [2.05, 4.69) is 18.7 Å². The first-order chi connectivity index (χ1) is 16.3. The molecule has 1 heterocycles. The molecule has 182 valence electrons. The Hall–Kier alpha value is -2.83. The lowest BCUT2D eigenvalue weighted by molar-refractivity contribution is -0.140. The van der Waals surface area contributed by atoms with E-state index in [1.807, 2.05) is 19.9 Å². The Morgan fingerprint density at radius 3 is 2.35 bits per heavy atom. The Balaban J connectivity index is 2.07. The Kier molecular flexibility index (Phi) is 8.75. The maximum absolute atomic E-state index is 13.2. The molecule has 2 aromatic rings. The SMILES string of the molecule is CCCOc1ccc(C(O)=C2C(=O)C(=O)N(CCN(CC)CC)[C@H]2c2ccc(Cl)cc2)c(C)c1. The van der Waals surface area contributed by atoms with Crippen LogP contribution in [0.3, 0.4) is 0 Å². The average molecular weight is 485 g/mol. The number of ketones is 1. The minimum absolute atomic E-state index is 0.0946. The summed E-state index contributed by atoms with van der Waals surface area (Å²) in [4.78, 5) is 30.1. The number of halogens is 1. The molecule has 1 N–H and O–H groups in total. The fourth-order valence-corrected chi connectivity index (χ4v) is 4.37. The summed E-state index contributed by atoms with van der Waals surface area (Å²) in [5.74, 6) is -0.759. The number of aliphatic hydroxyl groups excluding tert-OH is 1. The summed E-state index contributed by atoms with van der Waals surface area (Å²) in [7, 11) is 0. The van der Waals surface area contributed by atoms with Crippen molar-refractivity contribution < 1.29 is 19.4 Å². The molecule has 0 aromatic heterocycles. The van der Waals surface area contributed by atoms with Gasteiger partial charge in [0.05, 0.1) is 18.2 Å². The number of benzene rings is 2. The molecule has 1 atom stereocenters. The molecule has 1 saturated heterocycles. The van der Waals surface area contributed by atoms with Gasteiger partial charge in [-0.25, -0.2) is 0 Å². The van der Waals surface area contributed by atoms with E-state index in [0.29, 0.717) is 36.0 Å². The number of Topliss-reactive ketones (excluding diaryl/α,β-unsaturated/α-hetero) is 1. The molecule has 2 aromatic carbocycles. The van der Waals surface area contributed by atoms with Gasteiger partial charge in [-0.3, -0.25) is 9.59 Å². The van der Waals surface area contributed by atoms with Gasteiger partial charge in [0.1, 0.15) is 11.5 Å². The number of ether oxygens (including phenoxy) is 1. The highest BCUT2D eigenvalue weighted by molar-refractivity contribution is 6.46. The van der Waals surface area contributed by atoms with Crippen LogP contribution < -0.4 is 4.74 Å². The van der Waals surface area contributed by atoms with E-state index in [9.17, 15) is 14.7 Å². The second-order valence-electron chi connectivity index (χ2n) is 8.40. The molecule has 0 spiro atoms.